The van der Waals surface area contributed by atoms with Crippen molar-refractivity contribution in [1.82, 2.24) is 0 Å². The van der Waals surface area contributed by atoms with Crippen LogP contribution in [0.25, 0.3) is 0 Å². The molecule has 0 aromatic carbocycles. The second kappa shape index (κ2) is 10.1. The Bertz CT molecular complexity index is 1030. The van der Waals surface area contributed by atoms with E-state index >= 15 is 0 Å². The molecule has 0 bridgehead atoms. The predicted octanol–water partition coefficient (Wildman–Crippen LogP) is 4.51. The van der Waals surface area contributed by atoms with E-state index in [1.165, 1.54) is 0 Å². The van der Waals surface area contributed by atoms with Gasteiger partial charge in [0.25, 0.3) is 0 Å². The van der Waals surface area contributed by atoms with Gasteiger partial charge in [-0.3, -0.25) is 19.2 Å². The highest BCUT2D eigenvalue weighted by Gasteiger charge is 2.70. The number of hydrogen-bond acceptors (Lipinski definition) is 7. The van der Waals surface area contributed by atoms with Gasteiger partial charge in [0.1, 0.15) is 0 Å². The summed E-state index contributed by atoms with van der Waals surface area (Å²) in [4.78, 5) is 51.0. The summed E-state index contributed by atoms with van der Waals surface area (Å²) in [5.41, 5.74) is -1.61. The van der Waals surface area contributed by atoms with E-state index in [1.807, 2.05) is 26.8 Å². The molecule has 0 aliphatic heterocycles. The van der Waals surface area contributed by atoms with Crippen LogP contribution in [0.15, 0.2) is 23.8 Å². The largest absolute Gasteiger partial charge is 0.457 e. The molecule has 37 heavy (non-hydrogen) atoms. The van der Waals surface area contributed by atoms with E-state index < -0.39 is 46.9 Å². The van der Waals surface area contributed by atoms with Crippen LogP contribution in [-0.4, -0.2) is 46.9 Å². The molecule has 7 heteroatoms. The van der Waals surface area contributed by atoms with Gasteiger partial charge in [-0.25, -0.2) is 0 Å². The molecule has 0 unspecified atom stereocenters. The molecular formula is C30H42O7. The fraction of sp³-hybridized carbons (Fsp3) is 0.733. The van der Waals surface area contributed by atoms with Crippen molar-refractivity contribution in [3.63, 3.8) is 0 Å². The lowest BCUT2D eigenvalue weighted by atomic mass is 9.44. The maximum Gasteiger partial charge on any atom is 0.306 e. The highest BCUT2D eigenvalue weighted by atomic mass is 16.6. The van der Waals surface area contributed by atoms with Gasteiger partial charge < -0.3 is 14.6 Å². The number of esters is 2. The van der Waals surface area contributed by atoms with Crippen LogP contribution >= 0.6 is 0 Å². The van der Waals surface area contributed by atoms with E-state index in [0.29, 0.717) is 32.1 Å². The summed E-state index contributed by atoms with van der Waals surface area (Å²) in [5.74, 6) is -1.10. The third-order valence-electron chi connectivity index (χ3n) is 9.95. The van der Waals surface area contributed by atoms with E-state index in [-0.39, 0.29) is 42.3 Å². The summed E-state index contributed by atoms with van der Waals surface area (Å²) in [6.45, 7) is 9.54. The van der Waals surface area contributed by atoms with Crippen LogP contribution in [0.2, 0.25) is 0 Å². The average Bonchev–Trinajstić information content (AvgIpc) is 3.11. The number of carbonyl (C=O) groups is 4. The van der Waals surface area contributed by atoms with Crippen molar-refractivity contribution in [3.8, 4) is 0 Å². The Balaban J connectivity index is 1.71. The monoisotopic (exact) mass is 514 g/mol. The number of allylic oxidation sites excluding steroid dienone is 4. The van der Waals surface area contributed by atoms with Crippen molar-refractivity contribution in [1.29, 1.82) is 0 Å². The molecule has 0 aromatic rings. The van der Waals surface area contributed by atoms with Crippen molar-refractivity contribution in [2.75, 3.05) is 6.61 Å². The topological polar surface area (TPSA) is 107 Å². The Hall–Kier alpha value is -2.28. The van der Waals surface area contributed by atoms with Crippen LogP contribution in [0, 0.1) is 34.5 Å². The molecule has 1 N–H and O–H groups in total. The molecule has 4 rings (SSSR count). The first-order valence-corrected chi connectivity index (χ1v) is 14.0. The Labute approximate surface area is 220 Å². The molecule has 7 nitrogen and oxygen atoms in total. The lowest BCUT2D eigenvalue weighted by Crippen LogP contribution is -2.63. The predicted molar refractivity (Wildman–Crippen MR) is 137 cm³/mol. The number of aliphatic hydroxyl groups is 1. The zero-order valence-electron chi connectivity index (χ0n) is 22.9. The molecule has 0 radical (unpaired) electrons. The molecule has 0 heterocycles. The second-order valence-corrected chi connectivity index (χ2v) is 12.2. The number of aliphatic hydroxyl groups excluding tert-OH is 1. The fourth-order valence-corrected chi connectivity index (χ4v) is 8.41. The number of ether oxygens (including phenoxy) is 2. The molecule has 3 saturated carbocycles. The second-order valence-electron chi connectivity index (χ2n) is 12.2. The lowest BCUT2D eigenvalue weighted by molar-refractivity contribution is -0.202. The molecule has 8 atom stereocenters. The molecule has 3 fully saturated rings. The first-order chi connectivity index (χ1) is 17.4. The van der Waals surface area contributed by atoms with Crippen LogP contribution in [0.1, 0.15) is 86.0 Å². The van der Waals surface area contributed by atoms with Crippen LogP contribution in [0.4, 0.5) is 0 Å². The number of ketones is 2. The molecule has 4 aliphatic carbocycles. The zero-order chi connectivity index (χ0) is 27.2. The fourth-order valence-electron chi connectivity index (χ4n) is 8.41. The van der Waals surface area contributed by atoms with Crippen molar-refractivity contribution in [3.05, 3.63) is 23.8 Å². The highest BCUT2D eigenvalue weighted by molar-refractivity contribution is 6.01. The van der Waals surface area contributed by atoms with E-state index in [2.05, 4.69) is 13.8 Å². The molecule has 204 valence electrons. The zero-order valence-corrected chi connectivity index (χ0v) is 22.9. The van der Waals surface area contributed by atoms with Gasteiger partial charge in [0.05, 0.1) is 6.10 Å². The number of rotatable bonds is 8. The third-order valence-corrected chi connectivity index (χ3v) is 9.95. The highest BCUT2D eigenvalue weighted by Crippen LogP contribution is 2.68. The van der Waals surface area contributed by atoms with E-state index in [9.17, 15) is 24.3 Å². The lowest BCUT2D eigenvalue weighted by Gasteiger charge is -2.61. The number of fused-ring (bicyclic) bond motifs is 5. The molecule has 0 amide bonds. The third kappa shape index (κ3) is 4.41. The molecule has 0 spiro atoms. The Morgan fingerprint density at radius 1 is 1.11 bits per heavy atom. The minimum atomic E-state index is -1.44. The van der Waals surface area contributed by atoms with Gasteiger partial charge in [0.2, 0.25) is 5.78 Å². The molecule has 0 aromatic heterocycles. The van der Waals surface area contributed by atoms with Crippen molar-refractivity contribution in [2.24, 2.45) is 34.5 Å². The number of hydrogen-bond donors (Lipinski definition) is 1. The summed E-state index contributed by atoms with van der Waals surface area (Å²) in [7, 11) is 0. The smallest absolute Gasteiger partial charge is 0.306 e. The molecule has 0 saturated heterocycles. The van der Waals surface area contributed by atoms with Crippen LogP contribution in [0.5, 0.6) is 0 Å². The summed E-state index contributed by atoms with van der Waals surface area (Å²) < 4.78 is 11.4. The van der Waals surface area contributed by atoms with Gasteiger partial charge in [-0.1, -0.05) is 46.3 Å². The van der Waals surface area contributed by atoms with Crippen molar-refractivity contribution in [2.45, 2.75) is 97.7 Å². The van der Waals surface area contributed by atoms with Gasteiger partial charge in [-0.15, -0.1) is 0 Å². The van der Waals surface area contributed by atoms with Crippen molar-refractivity contribution >= 4 is 23.5 Å². The van der Waals surface area contributed by atoms with Crippen molar-refractivity contribution < 1.29 is 33.8 Å². The van der Waals surface area contributed by atoms with Gasteiger partial charge in [0, 0.05) is 29.6 Å². The Morgan fingerprint density at radius 3 is 2.46 bits per heavy atom. The van der Waals surface area contributed by atoms with Gasteiger partial charge in [-0.05, 0) is 68.4 Å². The minimum absolute atomic E-state index is 0.0150. The van der Waals surface area contributed by atoms with Gasteiger partial charge in [0.15, 0.2) is 18.0 Å². The van der Waals surface area contributed by atoms with Crippen LogP contribution < -0.4 is 0 Å². The standard InChI is InChI=1S/C30H42O7/c1-6-8-25(34)36-17-24(33)30(37-26(35)9-7-2)13-11-21-20-14-18(3)22-15-19(31)10-12-28(22,4)27(20)23(32)16-29(21,30)5/h10,12,15,18,20-21,23,27,32H,6-9,11,13-14,16-17H2,1-5H3/t18-,20-,21-,23-,27+,28-,29-,30-/m0/s1. The quantitative estimate of drug-likeness (QED) is 0.475. The first kappa shape index (κ1) is 27.7. The van der Waals surface area contributed by atoms with E-state index in [1.54, 1.807) is 12.2 Å². The maximum atomic E-state index is 13.8. The van der Waals surface area contributed by atoms with Crippen LogP contribution in [0.3, 0.4) is 0 Å². The molecular weight excluding hydrogens is 472 g/mol. The SMILES string of the molecule is CCCC(=O)OCC(=O)[C@@]1(OC(=O)CCC)CC[C@H]2[C@@H]3C[C@H](C)C4=CC(=O)C=C[C@]4(C)[C@H]3[C@@H](O)C[C@@]21C. The first-order valence-electron chi connectivity index (χ1n) is 14.0. The summed E-state index contributed by atoms with van der Waals surface area (Å²) >= 11 is 0. The maximum absolute atomic E-state index is 13.8. The number of Topliss-reactive ketones (excluding diaryl/α,β-unsaturated/α-hetero) is 1. The van der Waals surface area contributed by atoms with E-state index in [0.717, 1.165) is 12.0 Å². The van der Waals surface area contributed by atoms with Gasteiger partial charge in [-0.2, -0.15) is 0 Å². The summed E-state index contributed by atoms with van der Waals surface area (Å²) in [5, 5.41) is 11.7. The Kier molecular flexibility index (Phi) is 7.59. The normalized spacial score (nSPS) is 40.2. The summed E-state index contributed by atoms with van der Waals surface area (Å²) in [6, 6.07) is 0. The van der Waals surface area contributed by atoms with E-state index in [4.69, 9.17) is 9.47 Å². The van der Waals surface area contributed by atoms with Gasteiger partial charge >= 0.3 is 11.9 Å². The van der Waals surface area contributed by atoms with Crippen LogP contribution in [-0.2, 0) is 28.7 Å². The minimum Gasteiger partial charge on any atom is -0.457 e. The average molecular weight is 515 g/mol. The molecule has 4 aliphatic rings. The number of carbonyl (C=O) groups excluding carboxylic acids is 4. The summed E-state index contributed by atoms with van der Waals surface area (Å²) in [6.07, 6.45) is 8.32. The Morgan fingerprint density at radius 2 is 1.78 bits per heavy atom.